The summed E-state index contributed by atoms with van der Waals surface area (Å²) in [7, 11) is 0. The van der Waals surface area contributed by atoms with Crippen molar-refractivity contribution in [1.82, 2.24) is 20.7 Å². The Kier molecular flexibility index (Phi) is 4.76. The third kappa shape index (κ3) is 3.69. The Morgan fingerprint density at radius 3 is 2.66 bits per heavy atom. The van der Waals surface area contributed by atoms with Crippen LogP contribution in [0.5, 0.6) is 0 Å². The van der Waals surface area contributed by atoms with E-state index in [1.165, 1.54) is 0 Å². The van der Waals surface area contributed by atoms with E-state index in [2.05, 4.69) is 15.7 Å². The summed E-state index contributed by atoms with van der Waals surface area (Å²) in [4.78, 5) is 40.7. The fraction of sp³-hybridized carbons (Fsp3) is 0.190. The van der Waals surface area contributed by atoms with Crippen LogP contribution in [0.2, 0.25) is 5.02 Å². The van der Waals surface area contributed by atoms with Gasteiger partial charge in [-0.1, -0.05) is 48.0 Å². The van der Waals surface area contributed by atoms with Gasteiger partial charge < -0.3 is 10.3 Å². The molecule has 0 unspecified atom stereocenters. The van der Waals surface area contributed by atoms with E-state index in [-0.39, 0.29) is 5.69 Å². The van der Waals surface area contributed by atoms with Crippen LogP contribution in [0.4, 0.5) is 4.79 Å². The molecule has 0 saturated carbocycles. The molecule has 3 aromatic rings. The number of halogens is 1. The van der Waals surface area contributed by atoms with E-state index in [1.807, 2.05) is 30.3 Å². The first-order chi connectivity index (χ1) is 13.9. The Hall–Kier alpha value is -3.32. The van der Waals surface area contributed by atoms with E-state index in [4.69, 9.17) is 11.6 Å². The largest absolute Gasteiger partial charge is 0.350 e. The van der Waals surface area contributed by atoms with Crippen LogP contribution in [0.3, 0.4) is 0 Å². The quantitative estimate of drug-likeness (QED) is 0.562. The number of aromatic nitrogens is 1. The predicted molar refractivity (Wildman–Crippen MR) is 109 cm³/mol. The summed E-state index contributed by atoms with van der Waals surface area (Å²) < 4.78 is 0. The number of fused-ring (bicyclic) bond motifs is 1. The number of H-pyrrole nitrogens is 1. The van der Waals surface area contributed by atoms with Crippen molar-refractivity contribution in [3.8, 4) is 0 Å². The van der Waals surface area contributed by atoms with Gasteiger partial charge in [0.25, 0.3) is 11.8 Å². The Labute approximate surface area is 172 Å². The molecule has 4 amide bonds. The molecule has 0 bridgehead atoms. The van der Waals surface area contributed by atoms with E-state index in [9.17, 15) is 14.4 Å². The van der Waals surface area contributed by atoms with Crippen LogP contribution in [0.1, 0.15) is 29.4 Å². The lowest BCUT2D eigenvalue weighted by atomic mass is 9.93. The topological polar surface area (TPSA) is 94.3 Å². The van der Waals surface area contributed by atoms with Crippen molar-refractivity contribution >= 4 is 40.3 Å². The average Bonchev–Trinajstić information content (AvgIpc) is 3.21. The molecule has 2 aromatic carbocycles. The first kappa shape index (κ1) is 19.0. The fourth-order valence-electron chi connectivity index (χ4n) is 3.38. The molecule has 1 aromatic heterocycles. The van der Waals surface area contributed by atoms with E-state index >= 15 is 0 Å². The summed E-state index contributed by atoms with van der Waals surface area (Å²) in [5.41, 5.74) is 3.28. The summed E-state index contributed by atoms with van der Waals surface area (Å²) >= 11 is 5.96. The second kappa shape index (κ2) is 7.25. The van der Waals surface area contributed by atoms with Crippen LogP contribution < -0.4 is 10.7 Å². The first-order valence-corrected chi connectivity index (χ1v) is 9.53. The summed E-state index contributed by atoms with van der Waals surface area (Å²) in [6, 6.07) is 15.9. The van der Waals surface area contributed by atoms with E-state index in [0.29, 0.717) is 23.4 Å². The number of aromatic amines is 1. The highest BCUT2D eigenvalue weighted by molar-refractivity contribution is 6.31. The molecule has 29 heavy (non-hydrogen) atoms. The van der Waals surface area contributed by atoms with E-state index < -0.39 is 23.4 Å². The second-order valence-electron chi connectivity index (χ2n) is 7.24. The molecule has 148 valence electrons. The third-order valence-corrected chi connectivity index (χ3v) is 5.30. The summed E-state index contributed by atoms with van der Waals surface area (Å²) in [6.45, 7) is 1.66. The number of carbonyl (C=O) groups excluding carboxylic acids is 3. The zero-order valence-corrected chi connectivity index (χ0v) is 16.4. The molecular formula is C21H19ClN4O3. The standard InChI is InChI=1S/C21H19ClN4O3/c1-21(10-9-13-5-3-2-4-6-13)19(28)26(20(29)24-21)25-18(27)17-11-14-7-8-15(22)12-16(14)23-17/h2-8,11-12,23H,9-10H2,1H3,(H,24,29)(H,25,27)/t21-/m0/s1. The smallest absolute Gasteiger partial charge is 0.344 e. The normalized spacial score (nSPS) is 18.9. The molecule has 0 radical (unpaired) electrons. The van der Waals surface area contributed by atoms with Crippen molar-refractivity contribution in [3.05, 3.63) is 70.9 Å². The lowest BCUT2D eigenvalue weighted by Crippen LogP contribution is -2.49. The molecule has 1 saturated heterocycles. The van der Waals surface area contributed by atoms with Crippen molar-refractivity contribution in [3.63, 3.8) is 0 Å². The van der Waals surface area contributed by atoms with Crippen LogP contribution in [-0.4, -0.2) is 33.4 Å². The van der Waals surface area contributed by atoms with Crippen LogP contribution in [0.25, 0.3) is 10.9 Å². The monoisotopic (exact) mass is 410 g/mol. The van der Waals surface area contributed by atoms with Crippen molar-refractivity contribution in [2.75, 3.05) is 0 Å². The molecule has 1 aliphatic heterocycles. The molecule has 7 nitrogen and oxygen atoms in total. The number of hydrogen-bond acceptors (Lipinski definition) is 3. The van der Waals surface area contributed by atoms with Gasteiger partial charge in [-0.2, -0.15) is 5.01 Å². The second-order valence-corrected chi connectivity index (χ2v) is 7.68. The van der Waals surface area contributed by atoms with E-state index in [0.717, 1.165) is 16.0 Å². The van der Waals surface area contributed by atoms with Gasteiger partial charge in [0.2, 0.25) is 0 Å². The van der Waals surface area contributed by atoms with Crippen molar-refractivity contribution in [2.24, 2.45) is 0 Å². The molecule has 0 aliphatic carbocycles. The fourth-order valence-corrected chi connectivity index (χ4v) is 3.55. The molecule has 1 fully saturated rings. The number of rotatable bonds is 5. The number of nitrogens with zero attached hydrogens (tertiary/aromatic N) is 1. The third-order valence-electron chi connectivity index (χ3n) is 5.06. The SMILES string of the molecule is C[C@@]1(CCc2ccccc2)NC(=O)N(NC(=O)c2cc3ccc(Cl)cc3[nH]2)C1=O. The number of amides is 4. The summed E-state index contributed by atoms with van der Waals surface area (Å²) in [5, 5.41) is 4.76. The highest BCUT2D eigenvalue weighted by Crippen LogP contribution is 2.23. The average molecular weight is 411 g/mol. The zero-order chi connectivity index (χ0) is 20.6. The molecule has 8 heteroatoms. The predicted octanol–water partition coefficient (Wildman–Crippen LogP) is 3.41. The van der Waals surface area contributed by atoms with E-state index in [1.54, 1.807) is 31.2 Å². The highest BCUT2D eigenvalue weighted by atomic mass is 35.5. The van der Waals surface area contributed by atoms with Crippen molar-refractivity contribution in [1.29, 1.82) is 0 Å². The van der Waals surface area contributed by atoms with Gasteiger partial charge in [0.05, 0.1) is 0 Å². The van der Waals surface area contributed by atoms with Gasteiger partial charge in [-0.3, -0.25) is 15.0 Å². The minimum absolute atomic E-state index is 0.223. The van der Waals surface area contributed by atoms with Crippen LogP contribution >= 0.6 is 11.6 Å². The first-order valence-electron chi connectivity index (χ1n) is 9.16. The van der Waals surface area contributed by atoms with Gasteiger partial charge in [0, 0.05) is 15.9 Å². The molecular weight excluding hydrogens is 392 g/mol. The van der Waals surface area contributed by atoms with Gasteiger partial charge >= 0.3 is 6.03 Å². The Morgan fingerprint density at radius 1 is 1.14 bits per heavy atom. The number of urea groups is 1. The van der Waals surface area contributed by atoms with Crippen LogP contribution in [0.15, 0.2) is 54.6 Å². The molecule has 1 aliphatic rings. The van der Waals surface area contributed by atoms with Crippen molar-refractivity contribution in [2.45, 2.75) is 25.3 Å². The lowest BCUT2D eigenvalue weighted by molar-refractivity contribution is -0.132. The number of aryl methyl sites for hydroxylation is 1. The zero-order valence-electron chi connectivity index (χ0n) is 15.7. The van der Waals surface area contributed by atoms with Crippen LogP contribution in [-0.2, 0) is 11.2 Å². The maximum Gasteiger partial charge on any atom is 0.344 e. The van der Waals surface area contributed by atoms with Gasteiger partial charge in [-0.05, 0) is 43.5 Å². The Bertz CT molecular complexity index is 1110. The van der Waals surface area contributed by atoms with Gasteiger partial charge in [-0.25, -0.2) is 4.79 Å². The molecule has 2 heterocycles. The Balaban J connectivity index is 1.47. The van der Waals surface area contributed by atoms with Crippen LogP contribution in [0, 0.1) is 0 Å². The maximum atomic E-state index is 12.8. The molecule has 0 spiro atoms. The molecule has 1 atom stereocenters. The number of benzene rings is 2. The summed E-state index contributed by atoms with van der Waals surface area (Å²) in [6.07, 6.45) is 1.03. The highest BCUT2D eigenvalue weighted by Gasteiger charge is 2.48. The minimum atomic E-state index is -1.09. The number of hydrogen-bond donors (Lipinski definition) is 3. The summed E-state index contributed by atoms with van der Waals surface area (Å²) in [5.74, 6) is -1.08. The molecule has 4 rings (SSSR count). The van der Waals surface area contributed by atoms with Gasteiger partial charge in [0.1, 0.15) is 11.2 Å². The van der Waals surface area contributed by atoms with Gasteiger partial charge in [0.15, 0.2) is 0 Å². The molecule has 3 N–H and O–H groups in total. The van der Waals surface area contributed by atoms with Crippen molar-refractivity contribution < 1.29 is 14.4 Å². The number of nitrogens with one attached hydrogen (secondary N) is 3. The lowest BCUT2D eigenvalue weighted by Gasteiger charge is -2.21. The minimum Gasteiger partial charge on any atom is -0.350 e. The maximum absolute atomic E-state index is 12.8. The Morgan fingerprint density at radius 2 is 1.90 bits per heavy atom. The van der Waals surface area contributed by atoms with Gasteiger partial charge in [-0.15, -0.1) is 0 Å². The number of carbonyl (C=O) groups is 3. The number of hydrazine groups is 1. The number of imide groups is 1.